The van der Waals surface area contributed by atoms with Gasteiger partial charge in [0.15, 0.2) is 5.16 Å². The average Bonchev–Trinajstić information content (AvgIpc) is 2.87. The number of ether oxygens (including phenoxy) is 1. The highest BCUT2D eigenvalue weighted by Crippen LogP contribution is 2.29. The summed E-state index contributed by atoms with van der Waals surface area (Å²) in [7, 11) is 1.58. The van der Waals surface area contributed by atoms with Crippen LogP contribution in [0.1, 0.15) is 5.69 Å². The molecule has 0 radical (unpaired) electrons. The first-order chi connectivity index (χ1) is 9.22. The molecule has 0 spiro atoms. The van der Waals surface area contributed by atoms with Crippen molar-refractivity contribution in [2.75, 3.05) is 12.9 Å². The van der Waals surface area contributed by atoms with Crippen molar-refractivity contribution in [1.82, 2.24) is 9.55 Å². The predicted molar refractivity (Wildman–Crippen MR) is 78.1 cm³/mol. The number of thiol groups is 1. The van der Waals surface area contributed by atoms with Crippen molar-refractivity contribution in [2.45, 2.75) is 16.5 Å². The quantitative estimate of drug-likeness (QED) is 0.680. The smallest absolute Gasteiger partial charge is 0.272 e. The molecule has 1 aromatic heterocycles. The maximum absolute atomic E-state index is 12.5. The highest BCUT2D eigenvalue weighted by molar-refractivity contribution is 7.99. The van der Waals surface area contributed by atoms with Gasteiger partial charge in [0.2, 0.25) is 0 Å². The van der Waals surface area contributed by atoms with Gasteiger partial charge in [-0.25, -0.2) is 4.98 Å². The van der Waals surface area contributed by atoms with Crippen molar-refractivity contribution in [3.8, 4) is 11.4 Å². The molecule has 19 heavy (non-hydrogen) atoms. The lowest BCUT2D eigenvalue weighted by Gasteiger charge is -2.13. The lowest BCUT2D eigenvalue weighted by Crippen LogP contribution is -2.23. The van der Waals surface area contributed by atoms with E-state index in [9.17, 15) is 4.79 Å². The van der Waals surface area contributed by atoms with Gasteiger partial charge in [-0.3, -0.25) is 9.36 Å². The van der Waals surface area contributed by atoms with Crippen LogP contribution in [0.5, 0.6) is 5.75 Å². The largest absolute Gasteiger partial charge is 0.495 e. The van der Waals surface area contributed by atoms with E-state index in [0.717, 1.165) is 22.8 Å². The van der Waals surface area contributed by atoms with Gasteiger partial charge >= 0.3 is 0 Å². The second-order valence-corrected chi connectivity index (χ2v) is 5.60. The SMILES string of the molecule is COc1ccccc1-n1c(S)nc2c(c1=O)SCC2. The fourth-order valence-electron chi connectivity index (χ4n) is 2.13. The molecule has 1 aromatic carbocycles. The second-order valence-electron chi connectivity index (χ2n) is 4.10. The molecule has 3 rings (SSSR count). The summed E-state index contributed by atoms with van der Waals surface area (Å²) >= 11 is 5.91. The van der Waals surface area contributed by atoms with E-state index in [-0.39, 0.29) is 5.56 Å². The third kappa shape index (κ3) is 2.04. The molecule has 0 saturated heterocycles. The number of aromatic nitrogens is 2. The summed E-state index contributed by atoms with van der Waals surface area (Å²) in [5.74, 6) is 1.53. The number of para-hydroxylation sites is 2. The molecule has 98 valence electrons. The van der Waals surface area contributed by atoms with Gasteiger partial charge < -0.3 is 4.74 Å². The molecule has 0 N–H and O–H groups in total. The molecular formula is C13H12N2O2S2. The van der Waals surface area contributed by atoms with E-state index in [1.54, 1.807) is 18.9 Å². The number of nitrogens with zero attached hydrogens (tertiary/aromatic N) is 2. The summed E-state index contributed by atoms with van der Waals surface area (Å²) in [6.45, 7) is 0. The number of rotatable bonds is 2. The number of methoxy groups -OCH3 is 1. The van der Waals surface area contributed by atoms with Crippen LogP contribution in [-0.2, 0) is 6.42 Å². The topological polar surface area (TPSA) is 44.1 Å². The lowest BCUT2D eigenvalue weighted by molar-refractivity contribution is 0.411. The predicted octanol–water partition coefficient (Wildman–Crippen LogP) is 2.18. The molecule has 0 unspecified atom stereocenters. The van der Waals surface area contributed by atoms with Gasteiger partial charge in [-0.15, -0.1) is 24.4 Å². The normalized spacial score (nSPS) is 13.4. The van der Waals surface area contributed by atoms with Crippen LogP contribution >= 0.6 is 24.4 Å². The first kappa shape index (κ1) is 12.6. The van der Waals surface area contributed by atoms with Crippen molar-refractivity contribution in [3.05, 3.63) is 40.3 Å². The van der Waals surface area contributed by atoms with Gasteiger partial charge in [-0.1, -0.05) is 12.1 Å². The number of benzene rings is 1. The fraction of sp³-hybridized carbons (Fsp3) is 0.231. The van der Waals surface area contributed by atoms with Gasteiger partial charge in [0.1, 0.15) is 5.75 Å². The number of fused-ring (bicyclic) bond motifs is 1. The summed E-state index contributed by atoms with van der Waals surface area (Å²) in [6.07, 6.45) is 0.829. The Hall–Kier alpha value is -1.40. The van der Waals surface area contributed by atoms with Crippen LogP contribution in [0.25, 0.3) is 5.69 Å². The van der Waals surface area contributed by atoms with Crippen molar-refractivity contribution in [3.63, 3.8) is 0 Å². The minimum atomic E-state index is -0.0676. The van der Waals surface area contributed by atoms with E-state index in [2.05, 4.69) is 17.6 Å². The summed E-state index contributed by atoms with van der Waals surface area (Å²) in [6, 6.07) is 7.36. The first-order valence-electron chi connectivity index (χ1n) is 5.83. The Morgan fingerprint density at radius 2 is 2.21 bits per heavy atom. The maximum atomic E-state index is 12.5. The third-order valence-corrected chi connectivity index (χ3v) is 4.41. The molecule has 0 fully saturated rings. The number of hydrogen-bond acceptors (Lipinski definition) is 5. The summed E-state index contributed by atoms with van der Waals surface area (Å²) in [5.41, 5.74) is 1.45. The number of hydrogen-bond donors (Lipinski definition) is 1. The Bertz CT molecular complexity index is 698. The van der Waals surface area contributed by atoms with Crippen molar-refractivity contribution < 1.29 is 4.74 Å². The Labute approximate surface area is 120 Å². The molecular weight excluding hydrogens is 280 g/mol. The zero-order valence-corrected chi connectivity index (χ0v) is 12.0. The van der Waals surface area contributed by atoms with E-state index in [1.807, 2.05) is 24.3 Å². The standard InChI is InChI=1S/C13H12N2O2S2/c1-17-10-5-3-2-4-9(10)15-12(16)11-8(6-7-19-11)14-13(15)18/h2-5H,6-7H2,1H3,(H,14,18). The minimum absolute atomic E-state index is 0.0676. The van der Waals surface area contributed by atoms with Gasteiger partial charge in [0.25, 0.3) is 5.56 Å². The van der Waals surface area contributed by atoms with Gasteiger partial charge in [-0.2, -0.15) is 0 Å². The molecule has 1 aliphatic rings. The molecule has 1 aliphatic heterocycles. The summed E-state index contributed by atoms with van der Waals surface area (Å²) in [4.78, 5) is 17.7. The van der Waals surface area contributed by atoms with Crippen LogP contribution in [-0.4, -0.2) is 22.4 Å². The maximum Gasteiger partial charge on any atom is 0.272 e. The lowest BCUT2D eigenvalue weighted by atomic mass is 10.2. The van der Waals surface area contributed by atoms with E-state index in [4.69, 9.17) is 4.74 Å². The van der Waals surface area contributed by atoms with Gasteiger partial charge in [0, 0.05) is 12.2 Å². The van der Waals surface area contributed by atoms with Crippen LogP contribution < -0.4 is 10.3 Å². The molecule has 0 amide bonds. The Kier molecular flexibility index (Phi) is 3.28. The van der Waals surface area contributed by atoms with Crippen LogP contribution in [0.15, 0.2) is 39.1 Å². The molecule has 0 bridgehead atoms. The number of thioether (sulfide) groups is 1. The van der Waals surface area contributed by atoms with E-state index >= 15 is 0 Å². The Morgan fingerprint density at radius 3 is 3.00 bits per heavy atom. The van der Waals surface area contributed by atoms with Crippen LogP contribution in [0.2, 0.25) is 0 Å². The highest BCUT2D eigenvalue weighted by Gasteiger charge is 2.22. The Balaban J connectivity index is 2.29. The van der Waals surface area contributed by atoms with E-state index < -0.39 is 0 Å². The molecule has 6 heteroatoms. The Morgan fingerprint density at radius 1 is 1.42 bits per heavy atom. The first-order valence-corrected chi connectivity index (χ1v) is 7.26. The highest BCUT2D eigenvalue weighted by atomic mass is 32.2. The molecule has 2 heterocycles. The van der Waals surface area contributed by atoms with Crippen molar-refractivity contribution in [1.29, 1.82) is 0 Å². The van der Waals surface area contributed by atoms with Crippen LogP contribution in [0, 0.1) is 0 Å². The zero-order chi connectivity index (χ0) is 13.4. The van der Waals surface area contributed by atoms with Crippen LogP contribution in [0.4, 0.5) is 0 Å². The zero-order valence-electron chi connectivity index (χ0n) is 10.3. The van der Waals surface area contributed by atoms with E-state index in [1.165, 1.54) is 4.57 Å². The average molecular weight is 292 g/mol. The van der Waals surface area contributed by atoms with Crippen LogP contribution in [0.3, 0.4) is 0 Å². The summed E-state index contributed by atoms with van der Waals surface area (Å²) < 4.78 is 6.80. The van der Waals surface area contributed by atoms with Gasteiger partial charge in [-0.05, 0) is 12.1 Å². The monoisotopic (exact) mass is 292 g/mol. The van der Waals surface area contributed by atoms with Crippen molar-refractivity contribution in [2.24, 2.45) is 0 Å². The molecule has 0 saturated carbocycles. The number of aryl methyl sites for hydroxylation is 1. The van der Waals surface area contributed by atoms with E-state index in [0.29, 0.717) is 16.6 Å². The molecule has 0 atom stereocenters. The second kappa shape index (κ2) is 4.94. The van der Waals surface area contributed by atoms with Crippen molar-refractivity contribution >= 4 is 24.4 Å². The third-order valence-electron chi connectivity index (χ3n) is 3.01. The molecule has 2 aromatic rings. The fourth-order valence-corrected chi connectivity index (χ4v) is 3.48. The molecule has 0 aliphatic carbocycles. The van der Waals surface area contributed by atoms with Gasteiger partial charge in [0.05, 0.1) is 23.4 Å². The minimum Gasteiger partial charge on any atom is -0.495 e. The summed E-state index contributed by atoms with van der Waals surface area (Å²) in [5, 5.41) is 0.399. The molecule has 4 nitrogen and oxygen atoms in total.